The molecule has 0 aromatic heterocycles. The molecular weight excluding hydrogens is 124 g/mol. The van der Waals surface area contributed by atoms with E-state index in [-0.39, 0.29) is 5.41 Å². The van der Waals surface area contributed by atoms with E-state index >= 15 is 0 Å². The van der Waals surface area contributed by atoms with Crippen LogP contribution in [-0.2, 0) is 4.74 Å². The van der Waals surface area contributed by atoms with Crippen molar-refractivity contribution in [2.75, 3.05) is 13.7 Å². The second-order valence-electron chi connectivity index (χ2n) is 3.60. The molecule has 0 atom stereocenters. The van der Waals surface area contributed by atoms with Gasteiger partial charge in [0.1, 0.15) is 0 Å². The Morgan fingerprint density at radius 2 is 1.90 bits per heavy atom. The van der Waals surface area contributed by atoms with Crippen LogP contribution in [0.4, 0.5) is 0 Å². The molecule has 0 unspecified atom stereocenters. The highest BCUT2D eigenvalue weighted by Crippen LogP contribution is 2.25. The highest BCUT2D eigenvalue weighted by Gasteiger charge is 2.13. The van der Waals surface area contributed by atoms with Crippen LogP contribution < -0.4 is 0 Å². The van der Waals surface area contributed by atoms with Crippen molar-refractivity contribution in [2.45, 2.75) is 27.2 Å². The highest BCUT2D eigenvalue weighted by molar-refractivity contribution is 5.04. The lowest BCUT2D eigenvalue weighted by Gasteiger charge is -2.21. The van der Waals surface area contributed by atoms with Crippen LogP contribution in [0.5, 0.6) is 0 Å². The maximum atomic E-state index is 4.95. The highest BCUT2D eigenvalue weighted by atomic mass is 16.5. The van der Waals surface area contributed by atoms with Gasteiger partial charge in [-0.1, -0.05) is 32.9 Å². The Morgan fingerprint density at radius 3 is 2.20 bits per heavy atom. The van der Waals surface area contributed by atoms with Gasteiger partial charge in [0.2, 0.25) is 0 Å². The van der Waals surface area contributed by atoms with Crippen LogP contribution in [0.1, 0.15) is 27.2 Å². The Bertz CT molecular complexity index is 108. The molecule has 1 nitrogen and oxygen atoms in total. The fourth-order valence-electron chi connectivity index (χ4n) is 0.600. The first kappa shape index (κ1) is 9.70. The number of ether oxygens (including phenoxy) is 1. The zero-order valence-corrected chi connectivity index (χ0v) is 7.53. The predicted octanol–water partition coefficient (Wildman–Crippen LogP) is 2.63. The van der Waals surface area contributed by atoms with Gasteiger partial charge in [-0.05, 0) is 11.8 Å². The van der Waals surface area contributed by atoms with E-state index in [1.807, 2.05) is 0 Å². The predicted molar refractivity (Wildman–Crippen MR) is 45.1 cm³/mol. The van der Waals surface area contributed by atoms with Gasteiger partial charge in [-0.2, -0.15) is 0 Å². The van der Waals surface area contributed by atoms with Crippen molar-refractivity contribution in [3.63, 3.8) is 0 Å². The molecule has 60 valence electrons. The minimum absolute atomic E-state index is 0.235. The molecule has 0 aromatic carbocycles. The van der Waals surface area contributed by atoms with Gasteiger partial charge in [-0.3, -0.25) is 0 Å². The number of methoxy groups -OCH3 is 1. The first-order valence-electron chi connectivity index (χ1n) is 3.65. The van der Waals surface area contributed by atoms with Crippen LogP contribution in [-0.4, -0.2) is 13.7 Å². The van der Waals surface area contributed by atoms with Crippen molar-refractivity contribution >= 4 is 0 Å². The third-order valence-electron chi connectivity index (χ3n) is 1.67. The minimum atomic E-state index is 0.235. The van der Waals surface area contributed by atoms with Crippen molar-refractivity contribution in [2.24, 2.45) is 5.41 Å². The summed E-state index contributed by atoms with van der Waals surface area (Å²) in [7, 11) is 1.72. The lowest BCUT2D eigenvalue weighted by molar-refractivity contribution is 0.197. The summed E-state index contributed by atoms with van der Waals surface area (Å²) >= 11 is 0. The average Bonchev–Trinajstić information content (AvgIpc) is 1.80. The Morgan fingerprint density at radius 1 is 1.40 bits per heavy atom. The molecule has 0 saturated carbocycles. The molecule has 1 heteroatoms. The van der Waals surface area contributed by atoms with E-state index in [2.05, 4.69) is 27.4 Å². The molecule has 0 spiro atoms. The third-order valence-corrected chi connectivity index (χ3v) is 1.67. The molecule has 0 aliphatic rings. The fourth-order valence-corrected chi connectivity index (χ4v) is 0.600. The standard InChI is InChI=1S/C9H18O/c1-8(6-7-10-5)9(2,3)4/h1,6-7H2,2-5H3. The molecule has 10 heavy (non-hydrogen) atoms. The van der Waals surface area contributed by atoms with Crippen LogP contribution in [0.15, 0.2) is 12.2 Å². The summed E-state index contributed by atoms with van der Waals surface area (Å²) in [6.07, 6.45) is 0.972. The largest absolute Gasteiger partial charge is 0.384 e. The zero-order chi connectivity index (χ0) is 8.20. The molecule has 0 fully saturated rings. The molecule has 0 amide bonds. The zero-order valence-electron chi connectivity index (χ0n) is 7.53. The topological polar surface area (TPSA) is 9.23 Å². The van der Waals surface area contributed by atoms with Crippen LogP contribution in [0.25, 0.3) is 0 Å². The Balaban J connectivity index is 3.64. The Kier molecular flexibility index (Phi) is 3.66. The minimum Gasteiger partial charge on any atom is -0.384 e. The van der Waals surface area contributed by atoms with E-state index in [0.717, 1.165) is 13.0 Å². The molecule has 0 bridgehead atoms. The first-order valence-corrected chi connectivity index (χ1v) is 3.65. The van der Waals surface area contributed by atoms with Crippen LogP contribution in [0.2, 0.25) is 0 Å². The van der Waals surface area contributed by atoms with Crippen LogP contribution in [0.3, 0.4) is 0 Å². The van der Waals surface area contributed by atoms with E-state index in [0.29, 0.717) is 0 Å². The molecule has 0 saturated heterocycles. The lowest BCUT2D eigenvalue weighted by Crippen LogP contribution is -2.09. The summed E-state index contributed by atoms with van der Waals surface area (Å²) in [6.45, 7) is 11.3. The fraction of sp³-hybridized carbons (Fsp3) is 0.778. The van der Waals surface area contributed by atoms with Gasteiger partial charge >= 0.3 is 0 Å². The SMILES string of the molecule is C=C(CCOC)C(C)(C)C. The van der Waals surface area contributed by atoms with E-state index in [1.165, 1.54) is 5.57 Å². The molecule has 0 N–H and O–H groups in total. The molecule has 0 rings (SSSR count). The second kappa shape index (κ2) is 3.77. The Labute approximate surface area is 64.1 Å². The van der Waals surface area contributed by atoms with Gasteiger partial charge in [0.05, 0.1) is 0 Å². The van der Waals surface area contributed by atoms with E-state index in [9.17, 15) is 0 Å². The van der Waals surface area contributed by atoms with Crippen molar-refractivity contribution in [1.29, 1.82) is 0 Å². The molecule has 0 radical (unpaired) electrons. The van der Waals surface area contributed by atoms with E-state index in [4.69, 9.17) is 4.74 Å². The third kappa shape index (κ3) is 3.67. The second-order valence-corrected chi connectivity index (χ2v) is 3.60. The summed E-state index contributed by atoms with van der Waals surface area (Å²) in [5, 5.41) is 0. The molecule has 0 heterocycles. The number of hydrogen-bond donors (Lipinski definition) is 0. The van der Waals surface area contributed by atoms with Crippen LogP contribution >= 0.6 is 0 Å². The first-order chi connectivity index (χ1) is 4.48. The molecule has 0 aliphatic carbocycles. The maximum absolute atomic E-state index is 4.95. The van der Waals surface area contributed by atoms with Crippen molar-refractivity contribution in [3.8, 4) is 0 Å². The lowest BCUT2D eigenvalue weighted by atomic mass is 9.86. The van der Waals surface area contributed by atoms with Gasteiger partial charge in [0.15, 0.2) is 0 Å². The summed E-state index contributed by atoms with van der Waals surface area (Å²) in [4.78, 5) is 0. The van der Waals surface area contributed by atoms with Crippen molar-refractivity contribution in [1.82, 2.24) is 0 Å². The molecular formula is C9H18O. The van der Waals surface area contributed by atoms with Gasteiger partial charge in [-0.15, -0.1) is 0 Å². The number of hydrogen-bond acceptors (Lipinski definition) is 1. The van der Waals surface area contributed by atoms with Gasteiger partial charge < -0.3 is 4.74 Å². The molecule has 0 aromatic rings. The average molecular weight is 142 g/mol. The van der Waals surface area contributed by atoms with Gasteiger partial charge in [0.25, 0.3) is 0 Å². The van der Waals surface area contributed by atoms with E-state index in [1.54, 1.807) is 7.11 Å². The summed E-state index contributed by atoms with van der Waals surface area (Å²) < 4.78 is 4.95. The maximum Gasteiger partial charge on any atom is 0.0499 e. The molecule has 0 aliphatic heterocycles. The van der Waals surface area contributed by atoms with Crippen molar-refractivity contribution < 1.29 is 4.74 Å². The monoisotopic (exact) mass is 142 g/mol. The smallest absolute Gasteiger partial charge is 0.0499 e. The normalized spacial score (nSPS) is 11.6. The Hall–Kier alpha value is -0.300. The summed E-state index contributed by atoms with van der Waals surface area (Å²) in [5.41, 5.74) is 1.49. The summed E-state index contributed by atoms with van der Waals surface area (Å²) in [5.74, 6) is 0. The van der Waals surface area contributed by atoms with Gasteiger partial charge in [0, 0.05) is 13.7 Å². The van der Waals surface area contributed by atoms with E-state index < -0.39 is 0 Å². The van der Waals surface area contributed by atoms with Gasteiger partial charge in [-0.25, -0.2) is 0 Å². The summed E-state index contributed by atoms with van der Waals surface area (Å²) in [6, 6.07) is 0. The van der Waals surface area contributed by atoms with Crippen LogP contribution in [0, 0.1) is 5.41 Å². The number of rotatable bonds is 3. The van der Waals surface area contributed by atoms with Crippen molar-refractivity contribution in [3.05, 3.63) is 12.2 Å². The quantitative estimate of drug-likeness (QED) is 0.550.